The highest BCUT2D eigenvalue weighted by Gasteiger charge is 2.14. The molecule has 1 heterocycles. The third-order valence-electron chi connectivity index (χ3n) is 3.43. The third-order valence-corrected chi connectivity index (χ3v) is 3.43. The van der Waals surface area contributed by atoms with Crippen LogP contribution in [0.4, 0.5) is 0 Å². The van der Waals surface area contributed by atoms with Gasteiger partial charge in [-0.15, -0.1) is 0 Å². The van der Waals surface area contributed by atoms with Gasteiger partial charge in [0.2, 0.25) is 0 Å². The van der Waals surface area contributed by atoms with Crippen molar-refractivity contribution in [2.75, 3.05) is 26.2 Å². The van der Waals surface area contributed by atoms with Crippen LogP contribution in [0.1, 0.15) is 58.3 Å². The number of aliphatic imine (C=N–C) groups is 1. The van der Waals surface area contributed by atoms with Crippen LogP contribution in [0.25, 0.3) is 0 Å². The first-order valence-electron chi connectivity index (χ1n) is 7.36. The SMILES string of the molecule is CCCCCCCCCC1=NCCN1CCN. The molecule has 3 heteroatoms. The smallest absolute Gasteiger partial charge is 0.0990 e. The van der Waals surface area contributed by atoms with Crippen LogP contribution in [0.5, 0.6) is 0 Å². The van der Waals surface area contributed by atoms with Crippen LogP contribution >= 0.6 is 0 Å². The van der Waals surface area contributed by atoms with E-state index in [1.54, 1.807) is 0 Å². The van der Waals surface area contributed by atoms with Gasteiger partial charge in [0.25, 0.3) is 0 Å². The minimum absolute atomic E-state index is 0.746. The summed E-state index contributed by atoms with van der Waals surface area (Å²) >= 11 is 0. The van der Waals surface area contributed by atoms with Crippen LogP contribution < -0.4 is 5.73 Å². The Hall–Kier alpha value is -0.570. The number of nitrogens with two attached hydrogens (primary N) is 1. The van der Waals surface area contributed by atoms with Crippen LogP contribution in [0.3, 0.4) is 0 Å². The number of hydrogen-bond acceptors (Lipinski definition) is 3. The Morgan fingerprint density at radius 3 is 2.53 bits per heavy atom. The summed E-state index contributed by atoms with van der Waals surface area (Å²) in [6, 6.07) is 0. The first-order chi connectivity index (χ1) is 8.38. The Kier molecular flexibility index (Phi) is 8.06. The molecule has 1 aliphatic heterocycles. The molecule has 1 aliphatic rings. The molecule has 17 heavy (non-hydrogen) atoms. The highest BCUT2D eigenvalue weighted by atomic mass is 15.2. The Morgan fingerprint density at radius 2 is 1.82 bits per heavy atom. The Morgan fingerprint density at radius 1 is 1.12 bits per heavy atom. The van der Waals surface area contributed by atoms with Gasteiger partial charge in [0, 0.05) is 26.1 Å². The summed E-state index contributed by atoms with van der Waals surface area (Å²) in [4.78, 5) is 6.93. The first kappa shape index (κ1) is 14.5. The molecule has 0 bridgehead atoms. The fourth-order valence-electron chi connectivity index (χ4n) is 2.40. The second-order valence-electron chi connectivity index (χ2n) is 4.94. The van der Waals surface area contributed by atoms with E-state index in [1.165, 1.54) is 50.8 Å². The van der Waals surface area contributed by atoms with Gasteiger partial charge in [0.05, 0.1) is 12.4 Å². The average Bonchev–Trinajstić information content (AvgIpc) is 2.76. The number of nitrogens with zero attached hydrogens (tertiary/aromatic N) is 2. The summed E-state index contributed by atoms with van der Waals surface area (Å²) in [5.74, 6) is 1.31. The van der Waals surface area contributed by atoms with E-state index >= 15 is 0 Å². The summed E-state index contributed by atoms with van der Waals surface area (Å²) in [6.45, 7) is 6.06. The Bertz CT molecular complexity index is 214. The molecule has 1 rings (SSSR count). The minimum Gasteiger partial charge on any atom is -0.357 e. The number of rotatable bonds is 10. The van der Waals surface area contributed by atoms with Crippen molar-refractivity contribution in [1.82, 2.24) is 4.90 Å². The quantitative estimate of drug-likeness (QED) is 0.596. The Labute approximate surface area is 106 Å². The summed E-state index contributed by atoms with van der Waals surface area (Å²) in [5.41, 5.74) is 5.60. The third kappa shape index (κ3) is 6.06. The maximum atomic E-state index is 5.60. The van der Waals surface area contributed by atoms with Gasteiger partial charge in [-0.05, 0) is 6.42 Å². The molecule has 0 fully saturated rings. The molecule has 0 aromatic carbocycles. The molecule has 0 saturated carbocycles. The molecule has 0 spiro atoms. The molecular weight excluding hydrogens is 210 g/mol. The van der Waals surface area contributed by atoms with Crippen molar-refractivity contribution in [3.05, 3.63) is 0 Å². The zero-order valence-electron chi connectivity index (χ0n) is 11.5. The van der Waals surface area contributed by atoms with Gasteiger partial charge >= 0.3 is 0 Å². The van der Waals surface area contributed by atoms with Crippen molar-refractivity contribution in [1.29, 1.82) is 0 Å². The molecule has 3 nitrogen and oxygen atoms in total. The van der Waals surface area contributed by atoms with Crippen molar-refractivity contribution in [2.45, 2.75) is 58.3 Å². The molecule has 0 radical (unpaired) electrons. The van der Waals surface area contributed by atoms with Crippen LogP contribution in [0, 0.1) is 0 Å². The zero-order valence-corrected chi connectivity index (χ0v) is 11.5. The van der Waals surface area contributed by atoms with E-state index in [0.717, 1.165) is 32.6 Å². The molecule has 0 aromatic heterocycles. The predicted octanol–water partition coefficient (Wildman–Crippen LogP) is 2.80. The molecule has 0 aromatic rings. The number of unbranched alkanes of at least 4 members (excludes halogenated alkanes) is 6. The van der Waals surface area contributed by atoms with Gasteiger partial charge in [-0.3, -0.25) is 4.99 Å². The van der Waals surface area contributed by atoms with E-state index in [1.807, 2.05) is 0 Å². The van der Waals surface area contributed by atoms with Crippen molar-refractivity contribution < 1.29 is 0 Å². The molecule has 0 aliphatic carbocycles. The average molecular weight is 239 g/mol. The maximum Gasteiger partial charge on any atom is 0.0990 e. The van der Waals surface area contributed by atoms with Crippen molar-refractivity contribution in [3.8, 4) is 0 Å². The van der Waals surface area contributed by atoms with Gasteiger partial charge in [-0.2, -0.15) is 0 Å². The van der Waals surface area contributed by atoms with Crippen LogP contribution in [0.15, 0.2) is 4.99 Å². The summed E-state index contributed by atoms with van der Waals surface area (Å²) in [7, 11) is 0. The highest BCUT2D eigenvalue weighted by molar-refractivity contribution is 5.83. The van der Waals surface area contributed by atoms with Gasteiger partial charge < -0.3 is 10.6 Å². The Balaban J connectivity index is 1.98. The highest BCUT2D eigenvalue weighted by Crippen LogP contribution is 2.12. The molecule has 0 amide bonds. The van der Waals surface area contributed by atoms with E-state index in [4.69, 9.17) is 5.73 Å². The number of hydrogen-bond donors (Lipinski definition) is 1. The normalized spacial score (nSPS) is 15.4. The first-order valence-corrected chi connectivity index (χ1v) is 7.36. The lowest BCUT2D eigenvalue weighted by Crippen LogP contribution is -2.32. The van der Waals surface area contributed by atoms with Gasteiger partial charge in [-0.25, -0.2) is 0 Å². The van der Waals surface area contributed by atoms with Crippen LogP contribution in [-0.4, -0.2) is 36.9 Å². The molecule has 0 unspecified atom stereocenters. The van der Waals surface area contributed by atoms with Crippen molar-refractivity contribution in [3.63, 3.8) is 0 Å². The minimum atomic E-state index is 0.746. The van der Waals surface area contributed by atoms with Crippen molar-refractivity contribution >= 4 is 5.84 Å². The molecule has 100 valence electrons. The van der Waals surface area contributed by atoms with E-state index in [-0.39, 0.29) is 0 Å². The zero-order chi connectivity index (χ0) is 12.3. The monoisotopic (exact) mass is 239 g/mol. The van der Waals surface area contributed by atoms with Gasteiger partial charge in [0.15, 0.2) is 0 Å². The fourth-order valence-corrected chi connectivity index (χ4v) is 2.40. The molecule has 0 saturated heterocycles. The second kappa shape index (κ2) is 9.46. The summed E-state index contributed by atoms with van der Waals surface area (Å²) in [6.07, 6.45) is 10.8. The number of amidine groups is 1. The maximum absolute atomic E-state index is 5.60. The van der Waals surface area contributed by atoms with E-state index in [9.17, 15) is 0 Å². The molecular formula is C14H29N3. The van der Waals surface area contributed by atoms with E-state index in [0.29, 0.717) is 0 Å². The van der Waals surface area contributed by atoms with Crippen LogP contribution in [-0.2, 0) is 0 Å². The lowest BCUT2D eigenvalue weighted by Gasteiger charge is -2.19. The molecule has 2 N–H and O–H groups in total. The standard InChI is InChI=1S/C14H29N3/c1-2-3-4-5-6-7-8-9-14-16-11-13-17(14)12-10-15/h2-13,15H2,1H3. The second-order valence-corrected chi connectivity index (χ2v) is 4.94. The van der Waals surface area contributed by atoms with Crippen LogP contribution in [0.2, 0.25) is 0 Å². The topological polar surface area (TPSA) is 41.6 Å². The lowest BCUT2D eigenvalue weighted by molar-refractivity contribution is 0.456. The molecule has 0 atom stereocenters. The van der Waals surface area contributed by atoms with E-state index in [2.05, 4.69) is 16.8 Å². The summed E-state index contributed by atoms with van der Waals surface area (Å²) < 4.78 is 0. The summed E-state index contributed by atoms with van der Waals surface area (Å²) in [5, 5.41) is 0. The van der Waals surface area contributed by atoms with Gasteiger partial charge in [0.1, 0.15) is 0 Å². The predicted molar refractivity (Wildman–Crippen MR) is 75.5 cm³/mol. The fraction of sp³-hybridized carbons (Fsp3) is 0.929. The largest absolute Gasteiger partial charge is 0.357 e. The van der Waals surface area contributed by atoms with Crippen molar-refractivity contribution in [2.24, 2.45) is 10.7 Å². The van der Waals surface area contributed by atoms with Gasteiger partial charge in [-0.1, -0.05) is 45.4 Å². The lowest BCUT2D eigenvalue weighted by atomic mass is 10.1. The van der Waals surface area contributed by atoms with E-state index < -0.39 is 0 Å².